The van der Waals surface area contributed by atoms with Gasteiger partial charge in [0.1, 0.15) is 5.82 Å². The maximum Gasteiger partial charge on any atom is 0.257 e. The van der Waals surface area contributed by atoms with Gasteiger partial charge in [-0.2, -0.15) is 10.1 Å². The van der Waals surface area contributed by atoms with Crippen LogP contribution in [0.3, 0.4) is 0 Å². The third-order valence-corrected chi connectivity index (χ3v) is 4.97. The Morgan fingerprint density at radius 2 is 1.80 bits per heavy atom. The van der Waals surface area contributed by atoms with Crippen LogP contribution in [0.4, 0.5) is 0 Å². The van der Waals surface area contributed by atoms with Gasteiger partial charge in [-0.25, -0.2) is 4.98 Å². The van der Waals surface area contributed by atoms with Crippen molar-refractivity contribution in [3.8, 4) is 22.8 Å². The molecule has 2 fully saturated rings. The molecule has 3 aromatic rings. The minimum absolute atomic E-state index is 0. The van der Waals surface area contributed by atoms with E-state index in [2.05, 4.69) is 25.3 Å². The van der Waals surface area contributed by atoms with E-state index in [1.54, 1.807) is 0 Å². The van der Waals surface area contributed by atoms with Gasteiger partial charge < -0.3 is 10.3 Å². The number of nitrogens with one attached hydrogen (secondary N) is 1. The van der Waals surface area contributed by atoms with Gasteiger partial charge in [0.15, 0.2) is 11.6 Å². The summed E-state index contributed by atoms with van der Waals surface area (Å²) in [5.74, 6) is 3.39. The SMILES string of the molecule is Cl.NC1(c2noc(-c3ccc(-c4n[nH]c(C5CC5)n4)cc3)n2)CCC1. The Morgan fingerprint density at radius 1 is 1.08 bits per heavy atom. The zero-order valence-electron chi connectivity index (χ0n) is 13.6. The summed E-state index contributed by atoms with van der Waals surface area (Å²) >= 11 is 0. The van der Waals surface area contributed by atoms with Gasteiger partial charge in [0.05, 0.1) is 5.54 Å². The fraction of sp³-hybridized carbons (Fsp3) is 0.412. The van der Waals surface area contributed by atoms with Crippen LogP contribution in [0.25, 0.3) is 22.8 Å². The molecule has 0 bridgehead atoms. The largest absolute Gasteiger partial charge is 0.334 e. The van der Waals surface area contributed by atoms with Crippen molar-refractivity contribution in [2.24, 2.45) is 5.73 Å². The van der Waals surface area contributed by atoms with E-state index in [1.165, 1.54) is 12.8 Å². The first-order valence-electron chi connectivity index (χ1n) is 8.37. The molecule has 7 nitrogen and oxygen atoms in total. The predicted molar refractivity (Wildman–Crippen MR) is 94.1 cm³/mol. The van der Waals surface area contributed by atoms with Gasteiger partial charge in [-0.15, -0.1) is 12.4 Å². The highest BCUT2D eigenvalue weighted by atomic mass is 35.5. The van der Waals surface area contributed by atoms with Crippen LogP contribution < -0.4 is 5.73 Å². The van der Waals surface area contributed by atoms with Gasteiger partial charge in [-0.1, -0.05) is 17.3 Å². The molecular weight excluding hydrogens is 340 g/mol. The smallest absolute Gasteiger partial charge is 0.257 e. The Hall–Kier alpha value is -2.25. The molecule has 0 saturated heterocycles. The van der Waals surface area contributed by atoms with E-state index >= 15 is 0 Å². The van der Waals surface area contributed by atoms with Crippen molar-refractivity contribution in [1.82, 2.24) is 25.3 Å². The number of nitrogens with two attached hydrogens (primary N) is 1. The Bertz CT molecular complexity index is 879. The number of aromatic nitrogens is 5. The molecule has 1 aromatic carbocycles. The lowest BCUT2D eigenvalue weighted by atomic mass is 9.77. The molecule has 2 aliphatic rings. The second kappa shape index (κ2) is 5.93. The Morgan fingerprint density at radius 3 is 2.44 bits per heavy atom. The van der Waals surface area contributed by atoms with Gasteiger partial charge in [0.2, 0.25) is 0 Å². The second-order valence-electron chi connectivity index (χ2n) is 6.83. The van der Waals surface area contributed by atoms with Crippen LogP contribution in [0.15, 0.2) is 28.8 Å². The Labute approximate surface area is 150 Å². The standard InChI is InChI=1S/C17H18N6O.ClH/c18-17(8-1-9-17)16-20-15(24-23-16)12-6-4-11(5-7-12)14-19-13(21-22-14)10-2-3-10;/h4-7,10H,1-3,8-9,18H2,(H,19,21,22);1H. The van der Waals surface area contributed by atoms with Gasteiger partial charge in [0, 0.05) is 17.0 Å². The molecule has 8 heteroatoms. The van der Waals surface area contributed by atoms with E-state index in [0.29, 0.717) is 17.6 Å². The molecule has 0 unspecified atom stereocenters. The maximum absolute atomic E-state index is 6.24. The number of nitrogens with zero attached hydrogens (tertiary/aromatic N) is 4. The topological polar surface area (TPSA) is 107 Å². The second-order valence-corrected chi connectivity index (χ2v) is 6.83. The number of benzene rings is 1. The summed E-state index contributed by atoms with van der Waals surface area (Å²) in [5.41, 5.74) is 7.68. The van der Waals surface area contributed by atoms with E-state index in [0.717, 1.165) is 42.0 Å². The molecule has 0 amide bonds. The van der Waals surface area contributed by atoms with E-state index in [4.69, 9.17) is 10.3 Å². The zero-order valence-corrected chi connectivity index (χ0v) is 14.4. The summed E-state index contributed by atoms with van der Waals surface area (Å²) in [7, 11) is 0. The molecule has 0 radical (unpaired) electrons. The average Bonchev–Trinajstić information content (AvgIpc) is 3.12. The minimum Gasteiger partial charge on any atom is -0.334 e. The van der Waals surface area contributed by atoms with E-state index < -0.39 is 5.54 Å². The van der Waals surface area contributed by atoms with Crippen molar-refractivity contribution < 1.29 is 4.52 Å². The molecule has 0 aliphatic heterocycles. The van der Waals surface area contributed by atoms with E-state index in [-0.39, 0.29) is 12.4 Å². The van der Waals surface area contributed by atoms with Gasteiger partial charge in [-0.05, 0) is 44.2 Å². The maximum atomic E-state index is 6.24. The highest BCUT2D eigenvalue weighted by Crippen LogP contribution is 2.39. The highest BCUT2D eigenvalue weighted by Gasteiger charge is 2.39. The molecule has 5 rings (SSSR count). The van der Waals surface area contributed by atoms with Crippen molar-refractivity contribution in [1.29, 1.82) is 0 Å². The normalized spacial score (nSPS) is 18.4. The quantitative estimate of drug-likeness (QED) is 0.741. The lowest BCUT2D eigenvalue weighted by Gasteiger charge is -2.34. The number of hydrogen-bond acceptors (Lipinski definition) is 6. The zero-order chi connectivity index (χ0) is 16.1. The first-order chi connectivity index (χ1) is 11.7. The van der Waals surface area contributed by atoms with E-state index in [1.807, 2.05) is 24.3 Å². The molecule has 0 atom stereocenters. The summed E-state index contributed by atoms with van der Waals surface area (Å²) in [6.07, 6.45) is 5.36. The minimum atomic E-state index is -0.403. The molecule has 0 spiro atoms. The molecule has 2 saturated carbocycles. The van der Waals surface area contributed by atoms with Crippen molar-refractivity contribution in [2.75, 3.05) is 0 Å². The number of hydrogen-bond donors (Lipinski definition) is 2. The fourth-order valence-corrected chi connectivity index (χ4v) is 3.03. The molecule has 130 valence electrons. The molecule has 2 aliphatic carbocycles. The molecule has 25 heavy (non-hydrogen) atoms. The summed E-state index contributed by atoms with van der Waals surface area (Å²) in [5, 5.41) is 11.4. The number of halogens is 1. The van der Waals surface area contributed by atoms with Crippen molar-refractivity contribution >= 4 is 12.4 Å². The fourth-order valence-electron chi connectivity index (χ4n) is 3.03. The van der Waals surface area contributed by atoms with Crippen molar-refractivity contribution in [3.63, 3.8) is 0 Å². The third kappa shape index (κ3) is 2.83. The Kier molecular flexibility index (Phi) is 3.85. The van der Waals surface area contributed by atoms with Crippen LogP contribution in [0.5, 0.6) is 0 Å². The first-order valence-corrected chi connectivity index (χ1v) is 8.37. The van der Waals surface area contributed by atoms with Gasteiger partial charge >= 0.3 is 0 Å². The van der Waals surface area contributed by atoms with Crippen LogP contribution in [-0.4, -0.2) is 25.3 Å². The van der Waals surface area contributed by atoms with Crippen LogP contribution in [0.1, 0.15) is 49.7 Å². The van der Waals surface area contributed by atoms with Crippen LogP contribution in [0, 0.1) is 0 Å². The average molecular weight is 359 g/mol. The molecule has 2 aromatic heterocycles. The first kappa shape index (κ1) is 16.2. The molecule has 2 heterocycles. The summed E-state index contributed by atoms with van der Waals surface area (Å²) in [4.78, 5) is 9.04. The lowest BCUT2D eigenvalue weighted by molar-refractivity contribution is 0.229. The van der Waals surface area contributed by atoms with Crippen LogP contribution >= 0.6 is 12.4 Å². The van der Waals surface area contributed by atoms with Gasteiger partial charge in [0.25, 0.3) is 5.89 Å². The molecular formula is C17H19ClN6O. The highest BCUT2D eigenvalue weighted by molar-refractivity contribution is 5.85. The lowest BCUT2D eigenvalue weighted by Crippen LogP contribution is -2.44. The monoisotopic (exact) mass is 358 g/mol. The van der Waals surface area contributed by atoms with E-state index in [9.17, 15) is 0 Å². The molecule has 3 N–H and O–H groups in total. The Balaban J connectivity index is 0.00000157. The van der Waals surface area contributed by atoms with Crippen molar-refractivity contribution in [2.45, 2.75) is 43.6 Å². The van der Waals surface area contributed by atoms with Crippen molar-refractivity contribution in [3.05, 3.63) is 35.9 Å². The van der Waals surface area contributed by atoms with Crippen LogP contribution in [-0.2, 0) is 5.54 Å². The predicted octanol–water partition coefficient (Wildman–Crippen LogP) is 3.16. The number of rotatable bonds is 4. The van der Waals surface area contributed by atoms with Crippen LogP contribution in [0.2, 0.25) is 0 Å². The summed E-state index contributed by atoms with van der Waals surface area (Å²) < 4.78 is 5.38. The summed E-state index contributed by atoms with van der Waals surface area (Å²) in [6, 6.07) is 7.84. The van der Waals surface area contributed by atoms with Gasteiger partial charge in [-0.3, -0.25) is 5.10 Å². The number of aromatic amines is 1. The third-order valence-electron chi connectivity index (χ3n) is 4.97. The summed E-state index contributed by atoms with van der Waals surface area (Å²) in [6.45, 7) is 0. The number of H-pyrrole nitrogens is 1.